The molecule has 0 saturated carbocycles. The molecule has 6 heteroatoms. The quantitative estimate of drug-likeness (QED) is 0.637. The van der Waals surface area contributed by atoms with Crippen molar-refractivity contribution in [1.29, 1.82) is 0 Å². The second-order valence-corrected chi connectivity index (χ2v) is 7.57. The van der Waals surface area contributed by atoms with Crippen molar-refractivity contribution in [3.05, 3.63) is 79.7 Å². The van der Waals surface area contributed by atoms with E-state index in [1.165, 1.54) is 10.9 Å². The summed E-state index contributed by atoms with van der Waals surface area (Å²) < 4.78 is 26.7. The van der Waals surface area contributed by atoms with Gasteiger partial charge in [0.05, 0.1) is 6.04 Å². The third-order valence-electron chi connectivity index (χ3n) is 4.21. The zero-order chi connectivity index (χ0) is 16.7. The Bertz CT molecular complexity index is 888. The second-order valence-electron chi connectivity index (χ2n) is 5.59. The van der Waals surface area contributed by atoms with Gasteiger partial charge in [0.15, 0.2) is 11.6 Å². The smallest absolute Gasteiger partial charge is 0.254 e. The predicted molar refractivity (Wildman–Crippen MR) is 91.6 cm³/mol. The van der Waals surface area contributed by atoms with Gasteiger partial charge in [-0.1, -0.05) is 6.07 Å². The molecule has 1 aliphatic heterocycles. The summed E-state index contributed by atoms with van der Waals surface area (Å²) in [6, 6.07) is 9.18. The molecule has 2 aromatic heterocycles. The predicted octanol–water partition coefficient (Wildman–Crippen LogP) is 4.88. The second kappa shape index (κ2) is 6.11. The zero-order valence-corrected chi connectivity index (χ0v) is 14.2. The molecule has 1 aromatic carbocycles. The highest BCUT2D eigenvalue weighted by atomic mass is 32.1. The van der Waals surface area contributed by atoms with Crippen LogP contribution >= 0.6 is 22.7 Å². The molecule has 2 nitrogen and oxygen atoms in total. The number of hydrogen-bond donors (Lipinski definition) is 0. The monoisotopic (exact) mass is 361 g/mol. The Balaban J connectivity index is 1.76. The van der Waals surface area contributed by atoms with E-state index in [-0.39, 0.29) is 17.5 Å². The Hall–Kier alpha value is -2.05. The Kier molecular flexibility index (Phi) is 3.94. The summed E-state index contributed by atoms with van der Waals surface area (Å²) >= 11 is 3.29. The molecule has 1 atom stereocenters. The number of carbonyl (C=O) groups is 1. The first-order chi connectivity index (χ1) is 11.6. The van der Waals surface area contributed by atoms with Crippen LogP contribution < -0.4 is 0 Å². The zero-order valence-electron chi connectivity index (χ0n) is 12.5. The van der Waals surface area contributed by atoms with Gasteiger partial charge in [-0.05, 0) is 53.1 Å². The summed E-state index contributed by atoms with van der Waals surface area (Å²) in [7, 11) is 0. The third-order valence-corrected chi connectivity index (χ3v) is 6.13. The van der Waals surface area contributed by atoms with Crippen LogP contribution in [0.5, 0.6) is 0 Å². The fourth-order valence-electron chi connectivity index (χ4n) is 3.08. The van der Waals surface area contributed by atoms with Crippen LogP contribution in [0.3, 0.4) is 0 Å². The van der Waals surface area contributed by atoms with E-state index in [4.69, 9.17) is 0 Å². The molecule has 3 aromatic rings. The molecule has 3 heterocycles. The summed E-state index contributed by atoms with van der Waals surface area (Å²) in [5.41, 5.74) is 1.30. The summed E-state index contributed by atoms with van der Waals surface area (Å²) in [6.45, 7) is 0.563. The minimum absolute atomic E-state index is 0.166. The summed E-state index contributed by atoms with van der Waals surface area (Å²) in [5, 5.41) is 4.02. The van der Waals surface area contributed by atoms with Crippen molar-refractivity contribution in [1.82, 2.24) is 4.90 Å². The van der Waals surface area contributed by atoms with Crippen molar-refractivity contribution in [3.8, 4) is 0 Å². The van der Waals surface area contributed by atoms with E-state index in [0.717, 1.165) is 29.0 Å². The Morgan fingerprint density at radius 1 is 1.08 bits per heavy atom. The molecule has 4 rings (SSSR count). The average Bonchev–Trinajstić information content (AvgIpc) is 3.26. The van der Waals surface area contributed by atoms with Crippen LogP contribution in [-0.4, -0.2) is 17.4 Å². The summed E-state index contributed by atoms with van der Waals surface area (Å²) in [5.74, 6) is -2.22. The molecule has 0 spiro atoms. The van der Waals surface area contributed by atoms with Gasteiger partial charge in [0.2, 0.25) is 0 Å². The molecule has 0 radical (unpaired) electrons. The number of nitrogens with zero attached hydrogens (tertiary/aromatic N) is 1. The first-order valence-corrected chi connectivity index (χ1v) is 9.27. The normalized spacial score (nSPS) is 16.9. The molecule has 1 amide bonds. The number of amides is 1. The van der Waals surface area contributed by atoms with Crippen LogP contribution in [0.25, 0.3) is 0 Å². The molecule has 24 heavy (non-hydrogen) atoms. The third kappa shape index (κ3) is 2.56. The van der Waals surface area contributed by atoms with Crippen molar-refractivity contribution < 1.29 is 13.6 Å². The maximum Gasteiger partial charge on any atom is 0.254 e. The summed E-state index contributed by atoms with van der Waals surface area (Å²) in [6.07, 6.45) is 0.782. The lowest BCUT2D eigenvalue weighted by Crippen LogP contribution is -2.39. The topological polar surface area (TPSA) is 20.3 Å². The Morgan fingerprint density at radius 2 is 1.96 bits per heavy atom. The highest BCUT2D eigenvalue weighted by molar-refractivity contribution is 7.10. The van der Waals surface area contributed by atoms with Crippen LogP contribution in [0.15, 0.2) is 47.2 Å². The van der Waals surface area contributed by atoms with Gasteiger partial charge in [-0.15, -0.1) is 22.7 Å². The van der Waals surface area contributed by atoms with Crippen molar-refractivity contribution in [2.75, 3.05) is 6.54 Å². The number of thiophene rings is 2. The average molecular weight is 361 g/mol. The molecule has 0 N–H and O–H groups in total. The first-order valence-electron chi connectivity index (χ1n) is 7.51. The van der Waals surface area contributed by atoms with Crippen molar-refractivity contribution in [2.24, 2.45) is 0 Å². The standard InChI is InChI=1S/C18H13F2NOS2/c19-13-4-3-11(10-14(13)20)18(22)21-7-5-15-12(6-9-24-15)17(21)16-2-1-8-23-16/h1-4,6,8-10,17H,5,7H2. The molecule has 122 valence electrons. The molecule has 0 aliphatic carbocycles. The van der Waals surface area contributed by atoms with Crippen LogP contribution in [-0.2, 0) is 6.42 Å². The molecule has 1 unspecified atom stereocenters. The van der Waals surface area contributed by atoms with E-state index >= 15 is 0 Å². The van der Waals surface area contributed by atoms with Crippen LogP contribution in [0.2, 0.25) is 0 Å². The molecular weight excluding hydrogens is 348 g/mol. The van der Waals surface area contributed by atoms with E-state index in [1.807, 2.05) is 22.9 Å². The molecule has 0 fully saturated rings. The maximum absolute atomic E-state index is 13.5. The van der Waals surface area contributed by atoms with E-state index < -0.39 is 11.6 Å². The number of halogens is 2. The van der Waals surface area contributed by atoms with Gasteiger partial charge in [0.1, 0.15) is 0 Å². The van der Waals surface area contributed by atoms with Gasteiger partial charge >= 0.3 is 0 Å². The van der Waals surface area contributed by atoms with E-state index in [1.54, 1.807) is 27.6 Å². The molecule has 0 bridgehead atoms. The number of rotatable bonds is 2. The lowest BCUT2D eigenvalue weighted by molar-refractivity contribution is 0.0698. The highest BCUT2D eigenvalue weighted by Gasteiger charge is 2.34. The van der Waals surface area contributed by atoms with Gasteiger partial charge in [0.25, 0.3) is 5.91 Å². The van der Waals surface area contributed by atoms with Crippen molar-refractivity contribution >= 4 is 28.6 Å². The minimum atomic E-state index is -0.998. The number of carbonyl (C=O) groups excluding carboxylic acids is 1. The lowest BCUT2D eigenvalue weighted by atomic mass is 9.97. The Morgan fingerprint density at radius 3 is 2.71 bits per heavy atom. The maximum atomic E-state index is 13.5. The van der Waals surface area contributed by atoms with Crippen molar-refractivity contribution in [2.45, 2.75) is 12.5 Å². The van der Waals surface area contributed by atoms with Gasteiger partial charge in [-0.3, -0.25) is 4.79 Å². The largest absolute Gasteiger partial charge is 0.326 e. The highest BCUT2D eigenvalue weighted by Crippen LogP contribution is 2.40. The number of benzene rings is 1. The van der Waals surface area contributed by atoms with Gasteiger partial charge in [-0.2, -0.15) is 0 Å². The SMILES string of the molecule is O=C(c1ccc(F)c(F)c1)N1CCc2sccc2C1c1cccs1. The first kappa shape index (κ1) is 15.5. The van der Waals surface area contributed by atoms with Crippen LogP contribution in [0.1, 0.15) is 31.7 Å². The summed E-state index contributed by atoms with van der Waals surface area (Å²) in [4.78, 5) is 17.1. The fourth-order valence-corrected chi connectivity index (χ4v) is 4.84. The van der Waals surface area contributed by atoms with E-state index in [2.05, 4.69) is 6.07 Å². The fraction of sp³-hybridized carbons (Fsp3) is 0.167. The number of hydrogen-bond acceptors (Lipinski definition) is 3. The van der Waals surface area contributed by atoms with Gasteiger partial charge in [-0.25, -0.2) is 8.78 Å². The molecular formula is C18H13F2NOS2. The molecule has 0 saturated heterocycles. The van der Waals surface area contributed by atoms with Crippen LogP contribution in [0, 0.1) is 11.6 Å². The molecule has 1 aliphatic rings. The Labute approximate surface area is 146 Å². The minimum Gasteiger partial charge on any atom is -0.326 e. The van der Waals surface area contributed by atoms with Gasteiger partial charge < -0.3 is 4.90 Å². The lowest BCUT2D eigenvalue weighted by Gasteiger charge is -2.35. The van der Waals surface area contributed by atoms with Crippen molar-refractivity contribution in [3.63, 3.8) is 0 Å². The van der Waals surface area contributed by atoms with Crippen LogP contribution in [0.4, 0.5) is 8.78 Å². The van der Waals surface area contributed by atoms with E-state index in [0.29, 0.717) is 6.54 Å². The van der Waals surface area contributed by atoms with E-state index in [9.17, 15) is 13.6 Å². The van der Waals surface area contributed by atoms with Gasteiger partial charge in [0, 0.05) is 21.9 Å². The number of fused-ring (bicyclic) bond motifs is 1.